The number of ether oxygens (including phenoxy) is 2. The van der Waals surface area contributed by atoms with E-state index in [1.807, 2.05) is 0 Å². The van der Waals surface area contributed by atoms with Gasteiger partial charge in [-0.1, -0.05) is 18.5 Å². The van der Waals surface area contributed by atoms with Crippen molar-refractivity contribution >= 4 is 11.6 Å². The molecule has 1 N–H and O–H groups in total. The van der Waals surface area contributed by atoms with Crippen LogP contribution in [0.1, 0.15) is 24.9 Å². The van der Waals surface area contributed by atoms with E-state index >= 15 is 0 Å². The van der Waals surface area contributed by atoms with E-state index in [-0.39, 0.29) is 10.8 Å². The van der Waals surface area contributed by atoms with Crippen molar-refractivity contribution < 1.29 is 22.6 Å². The van der Waals surface area contributed by atoms with Crippen molar-refractivity contribution in [1.82, 2.24) is 5.32 Å². The molecule has 0 aliphatic heterocycles. The summed E-state index contributed by atoms with van der Waals surface area (Å²) in [6.45, 7) is 2.13. The molecule has 0 saturated carbocycles. The molecule has 114 valence electrons. The van der Waals surface area contributed by atoms with Crippen LogP contribution >= 0.6 is 11.6 Å². The predicted molar refractivity (Wildman–Crippen MR) is 71.6 cm³/mol. The van der Waals surface area contributed by atoms with Gasteiger partial charge in [0.2, 0.25) is 0 Å². The summed E-state index contributed by atoms with van der Waals surface area (Å²) in [6, 6.07) is 2.14. The normalized spacial score (nSPS) is 13.2. The number of alkyl halides is 3. The van der Waals surface area contributed by atoms with Gasteiger partial charge in [0.15, 0.2) is 0 Å². The van der Waals surface area contributed by atoms with Gasteiger partial charge in [0.1, 0.15) is 16.5 Å². The first-order chi connectivity index (χ1) is 9.34. The maximum Gasteiger partial charge on any atom is 0.390 e. The lowest BCUT2D eigenvalue weighted by Gasteiger charge is -2.23. The van der Waals surface area contributed by atoms with Crippen molar-refractivity contribution in [2.75, 3.05) is 20.8 Å². The van der Waals surface area contributed by atoms with Crippen LogP contribution in [-0.2, 0) is 0 Å². The molecule has 1 rings (SSSR count). The lowest BCUT2D eigenvalue weighted by Crippen LogP contribution is -2.27. The average Bonchev–Trinajstić information content (AvgIpc) is 2.36. The number of rotatable bonds is 6. The monoisotopic (exact) mass is 311 g/mol. The predicted octanol–water partition coefficient (Wildman–Crippen LogP) is 3.96. The molecule has 1 unspecified atom stereocenters. The Labute approximate surface area is 121 Å². The van der Waals surface area contributed by atoms with Gasteiger partial charge in [-0.25, -0.2) is 0 Å². The van der Waals surface area contributed by atoms with Gasteiger partial charge >= 0.3 is 6.18 Å². The largest absolute Gasteiger partial charge is 0.495 e. The van der Waals surface area contributed by atoms with E-state index in [0.717, 1.165) is 0 Å². The second-order valence-electron chi connectivity index (χ2n) is 4.13. The quantitative estimate of drug-likeness (QED) is 0.862. The zero-order chi connectivity index (χ0) is 15.3. The molecular weight excluding hydrogens is 295 g/mol. The van der Waals surface area contributed by atoms with E-state index in [0.29, 0.717) is 17.9 Å². The molecule has 1 aromatic carbocycles. The van der Waals surface area contributed by atoms with Crippen LogP contribution in [0.4, 0.5) is 13.2 Å². The SMILES string of the molecule is CCNC(CC(F)(F)F)c1ccc(OC)c(Cl)c1OC. The number of methoxy groups -OCH3 is 2. The highest BCUT2D eigenvalue weighted by Gasteiger charge is 2.34. The minimum Gasteiger partial charge on any atom is -0.495 e. The van der Waals surface area contributed by atoms with E-state index < -0.39 is 18.6 Å². The van der Waals surface area contributed by atoms with Gasteiger partial charge in [0, 0.05) is 11.6 Å². The number of nitrogens with one attached hydrogen (secondary N) is 1. The first-order valence-corrected chi connectivity index (χ1v) is 6.42. The maximum absolute atomic E-state index is 12.7. The van der Waals surface area contributed by atoms with Crippen LogP contribution in [0, 0.1) is 0 Å². The van der Waals surface area contributed by atoms with Crippen molar-refractivity contribution in [2.45, 2.75) is 25.6 Å². The first-order valence-electron chi connectivity index (χ1n) is 6.04. The highest BCUT2D eigenvalue weighted by Crippen LogP contribution is 2.41. The average molecular weight is 312 g/mol. The van der Waals surface area contributed by atoms with Crippen LogP contribution in [0.3, 0.4) is 0 Å². The van der Waals surface area contributed by atoms with Gasteiger partial charge in [0.25, 0.3) is 0 Å². The lowest BCUT2D eigenvalue weighted by molar-refractivity contribution is -0.140. The Hall–Kier alpha value is -1.14. The molecule has 0 heterocycles. The Kier molecular flexibility index (Phi) is 5.95. The summed E-state index contributed by atoms with van der Waals surface area (Å²) >= 11 is 6.07. The third kappa shape index (κ3) is 4.18. The van der Waals surface area contributed by atoms with Crippen LogP contribution in [0.15, 0.2) is 12.1 Å². The number of hydrogen-bond acceptors (Lipinski definition) is 3. The van der Waals surface area contributed by atoms with Crippen LogP contribution in [-0.4, -0.2) is 26.9 Å². The second kappa shape index (κ2) is 7.04. The Morgan fingerprint density at radius 1 is 1.25 bits per heavy atom. The van der Waals surface area contributed by atoms with E-state index in [2.05, 4.69) is 5.32 Å². The van der Waals surface area contributed by atoms with Gasteiger partial charge in [-0.3, -0.25) is 0 Å². The molecule has 0 amide bonds. The third-order valence-electron chi connectivity index (χ3n) is 2.78. The fourth-order valence-corrected chi connectivity index (χ4v) is 2.29. The molecule has 0 bridgehead atoms. The molecule has 3 nitrogen and oxygen atoms in total. The lowest BCUT2D eigenvalue weighted by atomic mass is 10.0. The summed E-state index contributed by atoms with van der Waals surface area (Å²) in [4.78, 5) is 0. The van der Waals surface area contributed by atoms with Crippen LogP contribution in [0.25, 0.3) is 0 Å². The zero-order valence-corrected chi connectivity index (χ0v) is 12.2. The highest BCUT2D eigenvalue weighted by atomic mass is 35.5. The molecule has 0 spiro atoms. The molecule has 7 heteroatoms. The molecule has 20 heavy (non-hydrogen) atoms. The van der Waals surface area contributed by atoms with Crippen LogP contribution in [0.5, 0.6) is 11.5 Å². The minimum absolute atomic E-state index is 0.164. The van der Waals surface area contributed by atoms with E-state index in [4.69, 9.17) is 21.1 Å². The number of halogens is 4. The minimum atomic E-state index is -4.29. The summed E-state index contributed by atoms with van der Waals surface area (Å²) in [6.07, 6.45) is -5.29. The third-order valence-corrected chi connectivity index (χ3v) is 3.14. The fraction of sp³-hybridized carbons (Fsp3) is 0.538. The molecule has 1 aromatic rings. The van der Waals surface area contributed by atoms with Crippen LogP contribution < -0.4 is 14.8 Å². The van der Waals surface area contributed by atoms with E-state index in [1.165, 1.54) is 26.4 Å². The molecule has 0 aromatic heterocycles. The highest BCUT2D eigenvalue weighted by molar-refractivity contribution is 6.33. The zero-order valence-electron chi connectivity index (χ0n) is 11.5. The number of hydrogen-bond donors (Lipinski definition) is 1. The summed E-state index contributed by atoms with van der Waals surface area (Å²) in [5.41, 5.74) is 0.359. The molecule has 0 aliphatic carbocycles. The van der Waals surface area contributed by atoms with Crippen molar-refractivity contribution in [1.29, 1.82) is 0 Å². The summed E-state index contributed by atoms with van der Waals surface area (Å²) in [5, 5.41) is 2.96. The molecule has 0 fully saturated rings. The van der Waals surface area contributed by atoms with Gasteiger partial charge in [-0.05, 0) is 18.7 Å². The maximum atomic E-state index is 12.7. The Balaban J connectivity index is 3.22. The van der Waals surface area contributed by atoms with Crippen LogP contribution in [0.2, 0.25) is 5.02 Å². The Morgan fingerprint density at radius 2 is 1.90 bits per heavy atom. The molecule has 0 radical (unpaired) electrons. The van der Waals surface area contributed by atoms with Crippen molar-refractivity contribution in [3.63, 3.8) is 0 Å². The molecular formula is C13H17ClF3NO2. The van der Waals surface area contributed by atoms with Crippen molar-refractivity contribution in [3.8, 4) is 11.5 Å². The summed E-state index contributed by atoms with van der Waals surface area (Å²) < 4.78 is 48.1. The molecule has 0 aliphatic rings. The van der Waals surface area contributed by atoms with Crippen molar-refractivity contribution in [3.05, 3.63) is 22.7 Å². The van der Waals surface area contributed by atoms with Gasteiger partial charge in [-0.15, -0.1) is 0 Å². The Bertz CT molecular complexity index is 452. The van der Waals surface area contributed by atoms with Gasteiger partial charge in [0.05, 0.1) is 20.6 Å². The Morgan fingerprint density at radius 3 is 2.35 bits per heavy atom. The smallest absolute Gasteiger partial charge is 0.390 e. The topological polar surface area (TPSA) is 30.5 Å². The number of benzene rings is 1. The molecule has 0 saturated heterocycles. The van der Waals surface area contributed by atoms with E-state index in [1.54, 1.807) is 6.92 Å². The summed E-state index contributed by atoms with van der Waals surface area (Å²) in [5.74, 6) is 0.552. The second-order valence-corrected chi connectivity index (χ2v) is 4.51. The molecule has 1 atom stereocenters. The van der Waals surface area contributed by atoms with Gasteiger partial charge < -0.3 is 14.8 Å². The van der Waals surface area contributed by atoms with E-state index in [9.17, 15) is 13.2 Å². The van der Waals surface area contributed by atoms with Crippen molar-refractivity contribution in [2.24, 2.45) is 0 Å². The summed E-state index contributed by atoms with van der Waals surface area (Å²) in [7, 11) is 2.79. The first kappa shape index (κ1) is 16.9. The van der Waals surface area contributed by atoms with Gasteiger partial charge in [-0.2, -0.15) is 13.2 Å². The standard InChI is InChI=1S/C13H17ClF3NO2/c1-4-18-9(7-13(15,16)17)8-5-6-10(19-2)11(14)12(8)20-3/h5-6,9,18H,4,7H2,1-3H3. The fourth-order valence-electron chi connectivity index (χ4n) is 1.96.